The zero-order valence-corrected chi connectivity index (χ0v) is 16.4. The molecule has 0 spiro atoms. The maximum Gasteiger partial charge on any atom is 0.325 e. The van der Waals surface area contributed by atoms with Crippen LogP contribution in [-0.4, -0.2) is 16.2 Å². The first-order chi connectivity index (χ1) is 13.6. The number of urea groups is 1. The number of nitrogens with zero attached hydrogens (tertiary/aromatic N) is 2. The highest BCUT2D eigenvalue weighted by atomic mass is 32.1. The minimum Gasteiger partial charge on any atom is -0.486 e. The summed E-state index contributed by atoms with van der Waals surface area (Å²) in [6.45, 7) is 4.54. The van der Waals surface area contributed by atoms with E-state index in [1.54, 1.807) is 12.1 Å². The van der Waals surface area contributed by atoms with Crippen molar-refractivity contribution in [3.63, 3.8) is 0 Å². The number of anilines is 2. The summed E-state index contributed by atoms with van der Waals surface area (Å²) in [4.78, 5) is 12.0. The van der Waals surface area contributed by atoms with E-state index in [-0.39, 0.29) is 12.3 Å². The highest BCUT2D eigenvalue weighted by molar-refractivity contribution is 7.15. The average molecular weight is 400 g/mol. The van der Waals surface area contributed by atoms with Crippen LogP contribution < -0.4 is 15.4 Å². The normalized spacial score (nSPS) is 11.7. The van der Waals surface area contributed by atoms with E-state index in [2.05, 4.69) is 40.7 Å². The second kappa shape index (κ2) is 9.27. The number of amides is 2. The van der Waals surface area contributed by atoms with Crippen molar-refractivity contribution in [2.75, 3.05) is 10.6 Å². The molecule has 0 aliphatic carbocycles. The highest BCUT2D eigenvalue weighted by Gasteiger charge is 2.13. The van der Waals surface area contributed by atoms with Crippen molar-refractivity contribution in [1.29, 1.82) is 0 Å². The number of nitrogens with one attached hydrogen (secondary N) is 2. The SMILES string of the molecule is CC[C@H](C)c1ccccc1OCc1nnc(NC(=O)Nc2ccccc2F)s1. The van der Waals surface area contributed by atoms with Gasteiger partial charge in [0.05, 0.1) is 5.69 Å². The summed E-state index contributed by atoms with van der Waals surface area (Å²) >= 11 is 1.20. The van der Waals surface area contributed by atoms with Gasteiger partial charge in [0.1, 0.15) is 18.2 Å². The van der Waals surface area contributed by atoms with E-state index < -0.39 is 11.8 Å². The van der Waals surface area contributed by atoms with Crippen molar-refractivity contribution in [3.05, 3.63) is 64.9 Å². The Labute approximate surface area is 166 Å². The van der Waals surface area contributed by atoms with Crippen LogP contribution in [-0.2, 0) is 6.61 Å². The molecule has 146 valence electrons. The molecule has 1 heterocycles. The summed E-state index contributed by atoms with van der Waals surface area (Å²) in [6.07, 6.45) is 1.02. The van der Waals surface area contributed by atoms with Crippen molar-refractivity contribution >= 4 is 28.2 Å². The van der Waals surface area contributed by atoms with Crippen LogP contribution in [0.1, 0.15) is 36.8 Å². The lowest BCUT2D eigenvalue weighted by Crippen LogP contribution is -2.19. The van der Waals surface area contributed by atoms with Gasteiger partial charge in [0.15, 0.2) is 5.01 Å². The van der Waals surface area contributed by atoms with Gasteiger partial charge >= 0.3 is 6.03 Å². The molecule has 6 nitrogen and oxygen atoms in total. The monoisotopic (exact) mass is 400 g/mol. The standard InChI is InChI=1S/C20H21FN4O2S/c1-3-13(2)14-8-4-7-11-17(14)27-12-18-24-25-20(28-18)23-19(26)22-16-10-6-5-9-15(16)21/h4-11,13H,3,12H2,1-2H3,(H2,22,23,25,26)/t13-/m0/s1. The molecule has 8 heteroatoms. The topological polar surface area (TPSA) is 76.1 Å². The molecule has 28 heavy (non-hydrogen) atoms. The maximum atomic E-state index is 13.6. The summed E-state index contributed by atoms with van der Waals surface area (Å²) in [5, 5.41) is 13.9. The lowest BCUT2D eigenvalue weighted by molar-refractivity contribution is 0.262. The van der Waals surface area contributed by atoms with Crippen LogP contribution in [0.2, 0.25) is 0 Å². The molecule has 0 bridgehead atoms. The van der Waals surface area contributed by atoms with Crippen molar-refractivity contribution in [2.45, 2.75) is 32.8 Å². The Morgan fingerprint density at radius 2 is 1.89 bits per heavy atom. The number of carbonyl (C=O) groups is 1. The predicted molar refractivity (Wildman–Crippen MR) is 108 cm³/mol. The third-order valence-corrected chi connectivity index (χ3v) is 5.04. The number of hydrogen-bond acceptors (Lipinski definition) is 5. The number of ether oxygens (including phenoxy) is 1. The third-order valence-electron chi connectivity index (χ3n) is 4.22. The smallest absolute Gasteiger partial charge is 0.325 e. The van der Waals surface area contributed by atoms with Gasteiger partial charge in [-0.1, -0.05) is 55.5 Å². The van der Waals surface area contributed by atoms with Gasteiger partial charge in [0.25, 0.3) is 0 Å². The zero-order chi connectivity index (χ0) is 19.9. The fraction of sp³-hybridized carbons (Fsp3) is 0.250. The summed E-state index contributed by atoms with van der Waals surface area (Å²) in [5.41, 5.74) is 1.24. The molecule has 1 aromatic heterocycles. The summed E-state index contributed by atoms with van der Waals surface area (Å²) in [7, 11) is 0. The highest BCUT2D eigenvalue weighted by Crippen LogP contribution is 2.29. The van der Waals surface area contributed by atoms with Crippen molar-refractivity contribution in [3.8, 4) is 5.75 Å². The molecule has 0 aliphatic rings. The molecular weight excluding hydrogens is 379 g/mol. The fourth-order valence-electron chi connectivity index (χ4n) is 2.55. The molecule has 0 aliphatic heterocycles. The maximum absolute atomic E-state index is 13.6. The largest absolute Gasteiger partial charge is 0.486 e. The Kier molecular flexibility index (Phi) is 6.54. The van der Waals surface area contributed by atoms with Crippen LogP contribution in [0.25, 0.3) is 0 Å². The molecule has 0 fully saturated rings. The van der Waals surface area contributed by atoms with E-state index >= 15 is 0 Å². The van der Waals surface area contributed by atoms with Crippen LogP contribution in [0, 0.1) is 5.82 Å². The second-order valence-electron chi connectivity index (χ2n) is 6.20. The van der Waals surface area contributed by atoms with E-state index in [0.29, 0.717) is 16.1 Å². The molecule has 3 rings (SSSR count). The van der Waals surface area contributed by atoms with Crippen LogP contribution in [0.15, 0.2) is 48.5 Å². The van der Waals surface area contributed by atoms with E-state index in [1.807, 2.05) is 18.2 Å². The number of rotatable bonds is 7. The van der Waals surface area contributed by atoms with Gasteiger partial charge in [-0.2, -0.15) is 0 Å². The molecular formula is C20H21FN4O2S. The van der Waals surface area contributed by atoms with Gasteiger partial charge in [-0.3, -0.25) is 5.32 Å². The second-order valence-corrected chi connectivity index (χ2v) is 7.26. The number of para-hydroxylation sites is 2. The Morgan fingerprint density at radius 3 is 2.68 bits per heavy atom. The first-order valence-corrected chi connectivity index (χ1v) is 9.75. The number of hydrogen-bond donors (Lipinski definition) is 2. The Morgan fingerprint density at radius 1 is 1.14 bits per heavy atom. The van der Waals surface area contributed by atoms with Crippen LogP contribution in [0.5, 0.6) is 5.75 Å². The molecule has 0 unspecified atom stereocenters. The average Bonchev–Trinajstić information content (AvgIpc) is 3.15. The Hall–Kier alpha value is -3.00. The number of carbonyl (C=O) groups excluding carboxylic acids is 1. The van der Waals surface area contributed by atoms with E-state index in [9.17, 15) is 9.18 Å². The molecule has 2 N–H and O–H groups in total. The number of benzene rings is 2. The van der Waals surface area contributed by atoms with Gasteiger partial charge < -0.3 is 10.1 Å². The van der Waals surface area contributed by atoms with Gasteiger partial charge in [-0.15, -0.1) is 10.2 Å². The minimum atomic E-state index is -0.587. The summed E-state index contributed by atoms with van der Waals surface area (Å²) < 4.78 is 19.5. The minimum absolute atomic E-state index is 0.0923. The first kappa shape index (κ1) is 19.8. The number of halogens is 1. The Balaban J connectivity index is 1.58. The number of aromatic nitrogens is 2. The van der Waals surface area contributed by atoms with Gasteiger partial charge in [-0.25, -0.2) is 9.18 Å². The van der Waals surface area contributed by atoms with Crippen molar-refractivity contribution < 1.29 is 13.9 Å². The fourth-order valence-corrected chi connectivity index (χ4v) is 3.20. The summed E-state index contributed by atoms with van der Waals surface area (Å²) in [6, 6.07) is 13.3. The summed E-state index contributed by atoms with van der Waals surface area (Å²) in [5.74, 6) is 0.702. The molecule has 2 amide bonds. The third kappa shape index (κ3) is 5.04. The van der Waals surface area contributed by atoms with Crippen molar-refractivity contribution in [2.24, 2.45) is 0 Å². The van der Waals surface area contributed by atoms with E-state index in [1.165, 1.54) is 23.5 Å². The van der Waals surface area contributed by atoms with Crippen LogP contribution >= 0.6 is 11.3 Å². The molecule has 0 saturated heterocycles. The molecule has 2 aromatic carbocycles. The van der Waals surface area contributed by atoms with Gasteiger partial charge in [-0.05, 0) is 36.1 Å². The van der Waals surface area contributed by atoms with Gasteiger partial charge in [0.2, 0.25) is 5.13 Å². The van der Waals surface area contributed by atoms with Crippen molar-refractivity contribution in [1.82, 2.24) is 10.2 Å². The molecule has 0 saturated carbocycles. The molecule has 1 atom stereocenters. The molecule has 3 aromatic rings. The van der Waals surface area contributed by atoms with Crippen LogP contribution in [0.4, 0.5) is 20.0 Å². The lowest BCUT2D eigenvalue weighted by Gasteiger charge is -2.14. The van der Waals surface area contributed by atoms with Crippen LogP contribution in [0.3, 0.4) is 0 Å². The first-order valence-electron chi connectivity index (χ1n) is 8.93. The molecule has 0 radical (unpaired) electrons. The Bertz CT molecular complexity index is 947. The predicted octanol–water partition coefficient (Wildman–Crippen LogP) is 5.41. The van der Waals surface area contributed by atoms with E-state index in [4.69, 9.17) is 4.74 Å². The van der Waals surface area contributed by atoms with E-state index in [0.717, 1.165) is 17.7 Å². The zero-order valence-electron chi connectivity index (χ0n) is 15.6. The quantitative estimate of drug-likeness (QED) is 0.556. The van der Waals surface area contributed by atoms with Gasteiger partial charge in [0, 0.05) is 0 Å². The lowest BCUT2D eigenvalue weighted by atomic mass is 9.98.